The lowest BCUT2D eigenvalue weighted by Crippen LogP contribution is -2.49. The number of anilines is 1. The summed E-state index contributed by atoms with van der Waals surface area (Å²) in [5.74, 6) is 4.08. The molecule has 1 aromatic heterocycles. The first-order chi connectivity index (χ1) is 17.7. The van der Waals surface area contributed by atoms with E-state index in [0.29, 0.717) is 41.4 Å². The number of carbonyl (C=O) groups is 1. The van der Waals surface area contributed by atoms with Gasteiger partial charge in [-0.25, -0.2) is 4.68 Å². The first kappa shape index (κ1) is 24.4. The zero-order chi connectivity index (χ0) is 25.9. The van der Waals surface area contributed by atoms with E-state index in [4.69, 9.17) is 9.47 Å². The lowest BCUT2D eigenvalue weighted by atomic mass is 9.52. The molecule has 2 aromatic rings. The summed E-state index contributed by atoms with van der Waals surface area (Å²) in [4.78, 5) is 13.3. The van der Waals surface area contributed by atoms with Crippen molar-refractivity contribution in [2.75, 3.05) is 26.1 Å². The number of carbonyl (C=O) groups excluding carboxylic acids is 1. The van der Waals surface area contributed by atoms with Crippen LogP contribution in [0.25, 0.3) is 0 Å². The largest absolute Gasteiger partial charge is 0.493 e. The highest BCUT2D eigenvalue weighted by molar-refractivity contribution is 5.98. The number of rotatable bonds is 6. The van der Waals surface area contributed by atoms with E-state index in [-0.39, 0.29) is 23.7 Å². The van der Waals surface area contributed by atoms with Gasteiger partial charge in [-0.3, -0.25) is 4.79 Å². The van der Waals surface area contributed by atoms with Crippen LogP contribution < -0.4 is 20.1 Å². The van der Waals surface area contributed by atoms with E-state index in [0.717, 1.165) is 16.5 Å². The molecule has 200 valence electrons. The summed E-state index contributed by atoms with van der Waals surface area (Å²) < 4.78 is 53.9. The van der Waals surface area contributed by atoms with E-state index in [2.05, 4.69) is 15.7 Å². The van der Waals surface area contributed by atoms with Gasteiger partial charge in [-0.2, -0.15) is 18.3 Å². The number of nitrogens with one attached hydrogen (secondary N) is 2. The molecule has 0 radical (unpaired) electrons. The van der Waals surface area contributed by atoms with Gasteiger partial charge in [-0.1, -0.05) is 6.07 Å². The Morgan fingerprint density at radius 1 is 1.05 bits per heavy atom. The molecule has 4 fully saturated rings. The maximum absolute atomic E-state index is 14.1. The predicted octanol–water partition coefficient (Wildman–Crippen LogP) is 5.36. The lowest BCUT2D eigenvalue weighted by molar-refractivity contribution is -0.173. The first-order valence-corrected chi connectivity index (χ1v) is 13.2. The highest BCUT2D eigenvalue weighted by Crippen LogP contribution is 2.56. The summed E-state index contributed by atoms with van der Waals surface area (Å²) in [5.41, 5.74) is 0.752. The quantitative estimate of drug-likeness (QED) is 0.538. The van der Waals surface area contributed by atoms with Gasteiger partial charge < -0.3 is 20.1 Å². The van der Waals surface area contributed by atoms with Gasteiger partial charge in [0, 0.05) is 13.0 Å². The van der Waals surface area contributed by atoms with Crippen LogP contribution in [-0.4, -0.2) is 42.6 Å². The Labute approximate surface area is 214 Å². The Hall–Kier alpha value is -2.91. The predicted molar refractivity (Wildman–Crippen MR) is 131 cm³/mol. The Kier molecular flexibility index (Phi) is 6.03. The van der Waals surface area contributed by atoms with Gasteiger partial charge in [0.2, 0.25) is 0 Å². The summed E-state index contributed by atoms with van der Waals surface area (Å²) in [5, 5.41) is 10.2. The molecule has 0 saturated heterocycles. The fourth-order valence-electron chi connectivity index (χ4n) is 7.69. The first-order valence-electron chi connectivity index (χ1n) is 13.2. The summed E-state index contributed by atoms with van der Waals surface area (Å²) in [6, 6.07) is 2.51. The van der Waals surface area contributed by atoms with E-state index < -0.39 is 18.3 Å². The van der Waals surface area contributed by atoms with Crippen molar-refractivity contribution in [3.8, 4) is 11.5 Å². The minimum absolute atomic E-state index is 0.0935. The number of ether oxygens (including phenoxy) is 2. The molecule has 37 heavy (non-hydrogen) atoms. The molecule has 1 aromatic carbocycles. The second-order valence-corrected chi connectivity index (χ2v) is 11.3. The van der Waals surface area contributed by atoms with Gasteiger partial charge in [-0.05, 0) is 79.4 Å². The third-order valence-electron chi connectivity index (χ3n) is 9.21. The summed E-state index contributed by atoms with van der Waals surface area (Å²) in [7, 11) is 2.98. The average molecular weight is 519 g/mol. The third-order valence-corrected chi connectivity index (χ3v) is 9.21. The molecule has 2 N–H and O–H groups in total. The molecule has 7 rings (SSSR count). The summed E-state index contributed by atoms with van der Waals surface area (Å²) >= 11 is 0. The molecular weight excluding hydrogens is 485 g/mol. The number of halogens is 3. The van der Waals surface area contributed by atoms with Crippen molar-refractivity contribution in [2.24, 2.45) is 29.6 Å². The lowest BCUT2D eigenvalue weighted by Gasteiger charge is -2.54. The van der Waals surface area contributed by atoms with Crippen molar-refractivity contribution < 1.29 is 27.4 Å². The zero-order valence-electron chi connectivity index (χ0n) is 21.1. The van der Waals surface area contributed by atoms with E-state index in [1.807, 2.05) is 0 Å². The molecule has 0 unspecified atom stereocenters. The van der Waals surface area contributed by atoms with Crippen molar-refractivity contribution in [3.63, 3.8) is 0 Å². The third kappa shape index (κ3) is 4.32. The summed E-state index contributed by atoms with van der Waals surface area (Å²) in [6.07, 6.45) is 2.83. The molecule has 2 heterocycles. The topological polar surface area (TPSA) is 77.4 Å². The maximum Gasteiger partial charge on any atom is 0.410 e. The molecule has 7 nitrogen and oxygen atoms in total. The minimum Gasteiger partial charge on any atom is -0.493 e. The van der Waals surface area contributed by atoms with E-state index >= 15 is 0 Å². The minimum atomic E-state index is -4.52. The summed E-state index contributed by atoms with van der Waals surface area (Å²) in [6.45, 7) is 0.569. The standard InChI is InChI=1S/C27H33F3N4O3/c1-36-22-4-3-16(10-23(22)37-2)21-11-24(27(28,29)30)34-25(33-21)20(13-32-34)26(35)31-12-19-17-6-14-5-15(8-17)9-18(19)7-14/h3-4,10,13-15,17-19,21,24,33H,5-9,11-12H2,1-2H3,(H,31,35)/t14?,15?,17?,18?,19?,21-,24+/m1/s1. The number of hydrogen-bond donors (Lipinski definition) is 2. The van der Waals surface area contributed by atoms with Crippen LogP contribution in [0.2, 0.25) is 0 Å². The van der Waals surface area contributed by atoms with E-state index in [1.54, 1.807) is 18.2 Å². The number of fused-ring (bicyclic) bond motifs is 1. The van der Waals surface area contributed by atoms with Crippen LogP contribution in [0, 0.1) is 29.6 Å². The number of methoxy groups -OCH3 is 2. The number of aromatic nitrogens is 2. The van der Waals surface area contributed by atoms with Crippen molar-refractivity contribution in [3.05, 3.63) is 35.5 Å². The van der Waals surface area contributed by atoms with Crippen molar-refractivity contribution in [1.82, 2.24) is 15.1 Å². The normalized spacial score (nSPS) is 32.0. The van der Waals surface area contributed by atoms with E-state index in [9.17, 15) is 18.0 Å². The smallest absolute Gasteiger partial charge is 0.410 e. The van der Waals surface area contributed by atoms with Gasteiger partial charge in [0.15, 0.2) is 17.5 Å². The van der Waals surface area contributed by atoms with Crippen LogP contribution in [0.4, 0.5) is 19.0 Å². The molecule has 5 aliphatic rings. The molecule has 0 spiro atoms. The monoisotopic (exact) mass is 518 g/mol. The zero-order valence-corrected chi connectivity index (χ0v) is 21.1. The van der Waals surface area contributed by atoms with Crippen LogP contribution in [-0.2, 0) is 0 Å². The van der Waals surface area contributed by atoms with Gasteiger partial charge >= 0.3 is 6.18 Å². The van der Waals surface area contributed by atoms with Gasteiger partial charge in [0.05, 0.1) is 26.5 Å². The molecular formula is C27H33F3N4O3. The Balaban J connectivity index is 1.23. The molecule has 2 atom stereocenters. The number of amides is 1. The van der Waals surface area contributed by atoms with Crippen LogP contribution >= 0.6 is 0 Å². The number of benzene rings is 1. The van der Waals surface area contributed by atoms with E-state index in [1.165, 1.54) is 52.5 Å². The van der Waals surface area contributed by atoms with Crippen molar-refractivity contribution >= 4 is 11.7 Å². The molecule has 1 amide bonds. The maximum atomic E-state index is 14.1. The fraction of sp³-hybridized carbons (Fsp3) is 0.630. The van der Waals surface area contributed by atoms with Crippen molar-refractivity contribution in [2.45, 2.75) is 56.8 Å². The number of nitrogens with zero attached hydrogens (tertiary/aromatic N) is 2. The molecule has 4 saturated carbocycles. The van der Waals surface area contributed by atoms with Crippen LogP contribution in [0.3, 0.4) is 0 Å². The number of alkyl halides is 3. The van der Waals surface area contributed by atoms with Crippen molar-refractivity contribution in [1.29, 1.82) is 0 Å². The molecule has 4 bridgehead atoms. The highest BCUT2D eigenvalue weighted by Gasteiger charge is 2.49. The van der Waals surface area contributed by atoms with Crippen LogP contribution in [0.5, 0.6) is 11.5 Å². The Morgan fingerprint density at radius 2 is 1.73 bits per heavy atom. The van der Waals surface area contributed by atoms with Crippen LogP contribution in [0.1, 0.15) is 66.5 Å². The molecule has 10 heteroatoms. The second kappa shape index (κ2) is 9.13. The molecule has 1 aliphatic heterocycles. The second-order valence-electron chi connectivity index (χ2n) is 11.3. The van der Waals surface area contributed by atoms with Gasteiger partial charge in [-0.15, -0.1) is 0 Å². The Bertz CT molecular complexity index is 1150. The Morgan fingerprint density at radius 3 is 2.35 bits per heavy atom. The SMILES string of the molecule is COc1ccc([C@H]2C[C@@H](C(F)(F)F)n3ncc(C(=O)NCC4C5CC6CC(C5)CC4C6)c3N2)cc1OC. The van der Waals surface area contributed by atoms with Crippen LogP contribution in [0.15, 0.2) is 24.4 Å². The highest BCUT2D eigenvalue weighted by atomic mass is 19.4. The average Bonchev–Trinajstić information content (AvgIpc) is 3.30. The molecule has 4 aliphatic carbocycles. The van der Waals surface area contributed by atoms with Gasteiger partial charge in [0.25, 0.3) is 5.91 Å². The number of hydrogen-bond acceptors (Lipinski definition) is 5. The fourth-order valence-corrected chi connectivity index (χ4v) is 7.69. The van der Waals surface area contributed by atoms with Gasteiger partial charge in [0.1, 0.15) is 11.4 Å².